The molecule has 8 heteroatoms. The summed E-state index contributed by atoms with van der Waals surface area (Å²) in [6.07, 6.45) is 0. The molecule has 2 aromatic rings. The van der Waals surface area contributed by atoms with E-state index in [1.54, 1.807) is 38.1 Å². The van der Waals surface area contributed by atoms with Gasteiger partial charge in [0.25, 0.3) is 4.87 Å². The molecule has 0 radical (unpaired) electrons. The molecule has 0 fully saturated rings. The summed E-state index contributed by atoms with van der Waals surface area (Å²) in [4.78, 5) is 2.76. The Morgan fingerprint density at radius 1 is 1.10 bits per heavy atom. The summed E-state index contributed by atoms with van der Waals surface area (Å²) in [5, 5.41) is 0. The SMILES string of the molecule is [C-]#[N+]C(C)(SC[C@](C)(N[S@](=O)C(C)(C)C)c1cc(Br)ccc1F)c1ccc(F)cc1. The van der Waals surface area contributed by atoms with Gasteiger partial charge in [-0.25, -0.2) is 24.3 Å². The van der Waals surface area contributed by atoms with Gasteiger partial charge in [-0.1, -0.05) is 27.7 Å². The average Bonchev–Trinajstić information content (AvgIpc) is 2.67. The van der Waals surface area contributed by atoms with Crippen molar-refractivity contribution in [1.29, 1.82) is 0 Å². The van der Waals surface area contributed by atoms with Crippen LogP contribution in [0, 0.1) is 18.2 Å². The van der Waals surface area contributed by atoms with Gasteiger partial charge in [0.1, 0.15) is 11.6 Å². The second-order valence-corrected chi connectivity index (χ2v) is 12.6. The fraction of sp³-hybridized carbons (Fsp3) is 0.409. The van der Waals surface area contributed by atoms with E-state index in [2.05, 4.69) is 25.5 Å². The number of hydrogen-bond acceptors (Lipinski definition) is 2. The smallest absolute Gasteiger partial charge is 0.294 e. The van der Waals surface area contributed by atoms with E-state index >= 15 is 0 Å². The molecule has 0 aromatic heterocycles. The highest BCUT2D eigenvalue weighted by Gasteiger charge is 2.41. The van der Waals surface area contributed by atoms with Crippen LogP contribution in [0.25, 0.3) is 4.85 Å². The van der Waals surface area contributed by atoms with E-state index in [-0.39, 0.29) is 11.6 Å². The summed E-state index contributed by atoms with van der Waals surface area (Å²) in [5.41, 5.74) is -0.0193. The predicted octanol–water partition coefficient (Wildman–Crippen LogP) is 6.52. The van der Waals surface area contributed by atoms with Crippen LogP contribution in [0.5, 0.6) is 0 Å². The minimum atomic E-state index is -1.47. The molecule has 0 saturated heterocycles. The monoisotopic (exact) mass is 514 g/mol. The number of hydrogen-bond donors (Lipinski definition) is 1. The number of nitrogens with one attached hydrogen (secondary N) is 1. The second-order valence-electron chi connectivity index (χ2n) is 8.33. The lowest BCUT2D eigenvalue weighted by atomic mass is 9.95. The third-order valence-corrected chi connectivity index (χ3v) is 8.48. The molecule has 162 valence electrons. The van der Waals surface area contributed by atoms with E-state index < -0.39 is 32.0 Å². The topological polar surface area (TPSA) is 33.5 Å². The van der Waals surface area contributed by atoms with Crippen molar-refractivity contribution in [3.05, 3.63) is 81.1 Å². The van der Waals surface area contributed by atoms with E-state index in [0.717, 1.165) is 0 Å². The third-order valence-electron chi connectivity index (χ3n) is 4.63. The van der Waals surface area contributed by atoms with Crippen LogP contribution >= 0.6 is 27.7 Å². The third kappa shape index (κ3) is 5.91. The van der Waals surface area contributed by atoms with Gasteiger partial charge in [0.2, 0.25) is 0 Å². The van der Waals surface area contributed by atoms with E-state index in [9.17, 15) is 13.0 Å². The average molecular weight is 515 g/mol. The van der Waals surface area contributed by atoms with Crippen molar-refractivity contribution in [2.45, 2.75) is 49.8 Å². The van der Waals surface area contributed by atoms with Crippen LogP contribution in [-0.2, 0) is 21.4 Å². The standard InChI is InChI=1S/C22H25BrF2N2OS2/c1-20(2,3)30(28)27-21(4,18-13-16(23)9-12-19(18)25)14-29-22(5,26-6)15-7-10-17(24)11-8-15/h7-13,27H,14H2,1-5H3/t21-,22?,30+/m0/s1. The highest BCUT2D eigenvalue weighted by molar-refractivity contribution is 9.10. The first kappa shape index (κ1) is 25.0. The lowest BCUT2D eigenvalue weighted by molar-refractivity contribution is 0.462. The molecule has 0 bridgehead atoms. The van der Waals surface area contributed by atoms with Crippen LogP contribution in [0.1, 0.15) is 45.7 Å². The van der Waals surface area contributed by atoms with E-state index in [1.807, 2.05) is 20.8 Å². The maximum atomic E-state index is 14.8. The Labute approximate surface area is 192 Å². The zero-order valence-electron chi connectivity index (χ0n) is 17.6. The lowest BCUT2D eigenvalue weighted by Crippen LogP contribution is -2.48. The number of thioether (sulfide) groups is 1. The maximum Gasteiger partial charge on any atom is 0.300 e. The molecule has 2 aromatic carbocycles. The Morgan fingerprint density at radius 3 is 2.23 bits per heavy atom. The van der Waals surface area contributed by atoms with Crippen molar-refractivity contribution in [2.75, 3.05) is 5.75 Å². The zero-order chi connectivity index (χ0) is 22.7. The molecule has 0 amide bonds. The number of rotatable bonds is 7. The minimum absolute atomic E-state index is 0.262. The first-order valence-corrected chi connectivity index (χ1v) is 12.2. The second kappa shape index (κ2) is 9.47. The van der Waals surface area contributed by atoms with Gasteiger partial charge in [0.15, 0.2) is 0 Å². The molecule has 30 heavy (non-hydrogen) atoms. The van der Waals surface area contributed by atoms with Crippen LogP contribution in [0.2, 0.25) is 0 Å². The highest BCUT2D eigenvalue weighted by Crippen LogP contribution is 2.42. The molecule has 0 heterocycles. The Hall–Kier alpha value is -1.27. The van der Waals surface area contributed by atoms with Crippen LogP contribution in [0.3, 0.4) is 0 Å². The molecule has 0 saturated carbocycles. The lowest BCUT2D eigenvalue weighted by Gasteiger charge is -2.35. The maximum absolute atomic E-state index is 14.8. The summed E-state index contributed by atoms with van der Waals surface area (Å²) in [6, 6.07) is 10.4. The van der Waals surface area contributed by atoms with E-state index in [1.165, 1.54) is 30.0 Å². The molecule has 1 unspecified atom stereocenters. The van der Waals surface area contributed by atoms with Gasteiger partial charge in [-0.05, 0) is 70.2 Å². The number of benzene rings is 2. The molecular formula is C22H25BrF2N2OS2. The molecular weight excluding hydrogens is 490 g/mol. The van der Waals surface area contributed by atoms with Gasteiger partial charge in [0, 0.05) is 28.3 Å². The molecule has 0 spiro atoms. The summed E-state index contributed by atoms with van der Waals surface area (Å²) in [7, 11) is -1.47. The summed E-state index contributed by atoms with van der Waals surface area (Å²) in [6.45, 7) is 16.8. The Morgan fingerprint density at radius 2 is 1.70 bits per heavy atom. The Kier molecular flexibility index (Phi) is 7.89. The molecule has 0 aliphatic heterocycles. The molecule has 3 nitrogen and oxygen atoms in total. The predicted molar refractivity (Wildman–Crippen MR) is 125 cm³/mol. The van der Waals surface area contributed by atoms with Crippen molar-refractivity contribution in [3.63, 3.8) is 0 Å². The highest BCUT2D eigenvalue weighted by atomic mass is 79.9. The van der Waals surface area contributed by atoms with Crippen LogP contribution in [-0.4, -0.2) is 14.7 Å². The molecule has 3 atom stereocenters. The quantitative estimate of drug-likeness (QED) is 0.426. The normalized spacial score (nSPS) is 16.9. The van der Waals surface area contributed by atoms with Crippen molar-refractivity contribution < 1.29 is 13.0 Å². The Bertz CT molecular complexity index is 973. The van der Waals surface area contributed by atoms with Crippen LogP contribution in [0.15, 0.2) is 46.9 Å². The Balaban J connectivity index is 2.44. The molecule has 0 aliphatic rings. The zero-order valence-corrected chi connectivity index (χ0v) is 20.8. The van der Waals surface area contributed by atoms with Crippen LogP contribution < -0.4 is 4.72 Å². The summed E-state index contributed by atoms with van der Waals surface area (Å²) < 4.78 is 44.3. The van der Waals surface area contributed by atoms with Gasteiger partial charge < -0.3 is 0 Å². The summed E-state index contributed by atoms with van der Waals surface area (Å²) >= 11 is 4.68. The number of nitrogens with zero attached hydrogens (tertiary/aromatic N) is 1. The molecule has 1 N–H and O–H groups in total. The van der Waals surface area contributed by atoms with E-state index in [4.69, 9.17) is 6.57 Å². The summed E-state index contributed by atoms with van der Waals surface area (Å²) in [5.74, 6) is -0.538. The van der Waals surface area contributed by atoms with Crippen molar-refractivity contribution in [2.24, 2.45) is 0 Å². The molecule has 0 aliphatic carbocycles. The van der Waals surface area contributed by atoms with Gasteiger partial charge in [-0.15, -0.1) is 0 Å². The van der Waals surface area contributed by atoms with Crippen molar-refractivity contribution in [1.82, 2.24) is 4.72 Å². The van der Waals surface area contributed by atoms with Crippen molar-refractivity contribution >= 4 is 38.7 Å². The fourth-order valence-electron chi connectivity index (χ4n) is 2.66. The van der Waals surface area contributed by atoms with Gasteiger partial charge >= 0.3 is 0 Å². The van der Waals surface area contributed by atoms with E-state index in [0.29, 0.717) is 15.6 Å². The van der Waals surface area contributed by atoms with Crippen LogP contribution in [0.4, 0.5) is 8.78 Å². The first-order chi connectivity index (χ1) is 13.8. The van der Waals surface area contributed by atoms with Gasteiger partial charge in [0.05, 0.1) is 21.3 Å². The van der Waals surface area contributed by atoms with Gasteiger partial charge in [-0.3, -0.25) is 4.85 Å². The first-order valence-electron chi connectivity index (χ1n) is 9.24. The minimum Gasteiger partial charge on any atom is -0.294 e. The largest absolute Gasteiger partial charge is 0.300 e. The van der Waals surface area contributed by atoms with Crippen molar-refractivity contribution in [3.8, 4) is 0 Å². The molecule has 2 rings (SSSR count). The van der Waals surface area contributed by atoms with Gasteiger partial charge in [-0.2, -0.15) is 0 Å². The number of halogens is 3. The fourth-order valence-corrected chi connectivity index (χ4v) is 5.18.